The van der Waals surface area contributed by atoms with Gasteiger partial charge in [0.15, 0.2) is 0 Å². The summed E-state index contributed by atoms with van der Waals surface area (Å²) in [5.74, 6) is 0. The lowest BCUT2D eigenvalue weighted by molar-refractivity contribution is -0.0356. The first kappa shape index (κ1) is 11.6. The first-order chi connectivity index (χ1) is 7.79. The molecule has 3 nitrogen and oxygen atoms in total. The van der Waals surface area contributed by atoms with Crippen molar-refractivity contribution in [1.82, 2.24) is 0 Å². The molecule has 1 aliphatic carbocycles. The van der Waals surface area contributed by atoms with Crippen LogP contribution < -0.4 is 5.73 Å². The molecule has 2 rings (SSSR count). The molecule has 0 saturated carbocycles. The Morgan fingerprint density at radius 2 is 1.88 bits per heavy atom. The molecule has 0 atom stereocenters. The largest absolute Gasteiger partial charge is 0.396 e. The number of benzene rings is 1. The number of aliphatic hydroxyl groups is 1. The lowest BCUT2D eigenvalue weighted by atomic mass is 10.0. The molecule has 3 heteroatoms. The van der Waals surface area contributed by atoms with E-state index in [4.69, 9.17) is 15.6 Å². The Hall–Kier alpha value is -0.900. The van der Waals surface area contributed by atoms with Crippen molar-refractivity contribution in [3.05, 3.63) is 35.4 Å². The van der Waals surface area contributed by atoms with E-state index in [2.05, 4.69) is 24.3 Å². The molecule has 0 bridgehead atoms. The number of ether oxygens (including phenoxy) is 1. The van der Waals surface area contributed by atoms with Gasteiger partial charge in [-0.2, -0.15) is 0 Å². The third-order valence-electron chi connectivity index (χ3n) is 3.23. The molecular formula is C13H19NO2. The molecule has 88 valence electrons. The second-order valence-corrected chi connectivity index (χ2v) is 4.44. The van der Waals surface area contributed by atoms with Gasteiger partial charge in [0, 0.05) is 32.6 Å². The number of aliphatic hydroxyl groups excluding tert-OH is 1. The van der Waals surface area contributed by atoms with Crippen molar-refractivity contribution in [3.63, 3.8) is 0 Å². The normalized spacial score (nSPS) is 17.4. The van der Waals surface area contributed by atoms with Crippen LogP contribution in [0.4, 0.5) is 0 Å². The summed E-state index contributed by atoms with van der Waals surface area (Å²) in [5, 5.41) is 8.76. The van der Waals surface area contributed by atoms with Gasteiger partial charge in [0.1, 0.15) is 0 Å². The summed E-state index contributed by atoms with van der Waals surface area (Å²) in [5.41, 5.74) is 8.29. The highest BCUT2D eigenvalue weighted by Crippen LogP contribution is 2.32. The van der Waals surface area contributed by atoms with Crippen LogP contribution in [0.25, 0.3) is 0 Å². The van der Waals surface area contributed by atoms with E-state index >= 15 is 0 Å². The van der Waals surface area contributed by atoms with Crippen molar-refractivity contribution in [2.24, 2.45) is 5.73 Å². The van der Waals surface area contributed by atoms with Crippen LogP contribution in [0.15, 0.2) is 24.3 Å². The van der Waals surface area contributed by atoms with Gasteiger partial charge >= 0.3 is 0 Å². The van der Waals surface area contributed by atoms with E-state index in [0.29, 0.717) is 19.6 Å². The fourth-order valence-corrected chi connectivity index (χ4v) is 2.32. The molecule has 1 aliphatic rings. The highest BCUT2D eigenvalue weighted by Gasteiger charge is 2.36. The van der Waals surface area contributed by atoms with E-state index < -0.39 is 0 Å². The van der Waals surface area contributed by atoms with Gasteiger partial charge < -0.3 is 15.6 Å². The number of hydrogen-bond donors (Lipinski definition) is 2. The summed E-state index contributed by atoms with van der Waals surface area (Å²) in [6, 6.07) is 8.39. The van der Waals surface area contributed by atoms with E-state index in [1.807, 2.05) is 0 Å². The second-order valence-electron chi connectivity index (χ2n) is 4.44. The van der Waals surface area contributed by atoms with Crippen LogP contribution in [0.5, 0.6) is 0 Å². The highest BCUT2D eigenvalue weighted by atomic mass is 16.5. The van der Waals surface area contributed by atoms with Crippen molar-refractivity contribution in [3.8, 4) is 0 Å². The molecule has 0 radical (unpaired) electrons. The fourth-order valence-electron chi connectivity index (χ4n) is 2.32. The topological polar surface area (TPSA) is 55.5 Å². The standard InChI is InChI=1S/C13H19NO2/c14-10-13(16-7-3-6-15)8-11-4-1-2-5-12(11)9-13/h1-2,4-5,15H,3,6-10,14H2. The Labute approximate surface area is 96.2 Å². The summed E-state index contributed by atoms with van der Waals surface area (Å²) in [4.78, 5) is 0. The summed E-state index contributed by atoms with van der Waals surface area (Å²) in [7, 11) is 0. The van der Waals surface area contributed by atoms with E-state index in [1.54, 1.807) is 0 Å². The SMILES string of the molecule is NCC1(OCCCO)Cc2ccccc2C1. The van der Waals surface area contributed by atoms with Crippen LogP contribution in [0.1, 0.15) is 17.5 Å². The molecule has 3 N–H and O–H groups in total. The molecule has 16 heavy (non-hydrogen) atoms. The van der Waals surface area contributed by atoms with E-state index in [-0.39, 0.29) is 12.2 Å². The van der Waals surface area contributed by atoms with Gasteiger partial charge in [0.25, 0.3) is 0 Å². The summed E-state index contributed by atoms with van der Waals surface area (Å²) >= 11 is 0. The Morgan fingerprint density at radius 1 is 1.25 bits per heavy atom. The zero-order chi connectivity index (χ0) is 11.4. The molecule has 0 aromatic heterocycles. The maximum atomic E-state index is 8.76. The smallest absolute Gasteiger partial charge is 0.0884 e. The Kier molecular flexibility index (Phi) is 3.59. The third kappa shape index (κ3) is 2.26. The van der Waals surface area contributed by atoms with Gasteiger partial charge in [-0.15, -0.1) is 0 Å². The predicted molar refractivity (Wildman–Crippen MR) is 63.3 cm³/mol. The first-order valence-electron chi connectivity index (χ1n) is 5.81. The van der Waals surface area contributed by atoms with Crippen LogP contribution in [-0.2, 0) is 17.6 Å². The van der Waals surface area contributed by atoms with Crippen LogP contribution in [0.2, 0.25) is 0 Å². The third-order valence-corrected chi connectivity index (χ3v) is 3.23. The molecule has 0 aliphatic heterocycles. The predicted octanol–water partition coefficient (Wildman–Crippen LogP) is 0.882. The van der Waals surface area contributed by atoms with Gasteiger partial charge in [-0.25, -0.2) is 0 Å². The summed E-state index contributed by atoms with van der Waals surface area (Å²) in [6.07, 6.45) is 2.47. The Balaban J connectivity index is 2.04. The average molecular weight is 221 g/mol. The second kappa shape index (κ2) is 4.95. The monoisotopic (exact) mass is 221 g/mol. The maximum Gasteiger partial charge on any atom is 0.0884 e. The lowest BCUT2D eigenvalue weighted by Gasteiger charge is -2.27. The minimum Gasteiger partial charge on any atom is -0.396 e. The van der Waals surface area contributed by atoms with Crippen molar-refractivity contribution in [1.29, 1.82) is 0 Å². The number of rotatable bonds is 5. The minimum absolute atomic E-state index is 0.174. The van der Waals surface area contributed by atoms with Crippen LogP contribution in [-0.4, -0.2) is 30.5 Å². The molecule has 1 aromatic rings. The highest BCUT2D eigenvalue weighted by molar-refractivity contribution is 5.35. The Bertz CT molecular complexity index is 327. The van der Waals surface area contributed by atoms with Gasteiger partial charge in [0.2, 0.25) is 0 Å². The van der Waals surface area contributed by atoms with E-state index in [1.165, 1.54) is 11.1 Å². The van der Waals surface area contributed by atoms with Gasteiger partial charge in [-0.1, -0.05) is 24.3 Å². The van der Waals surface area contributed by atoms with Gasteiger partial charge in [-0.05, 0) is 17.5 Å². The molecule has 0 heterocycles. The zero-order valence-electron chi connectivity index (χ0n) is 9.48. The first-order valence-corrected chi connectivity index (χ1v) is 5.81. The van der Waals surface area contributed by atoms with Crippen LogP contribution >= 0.6 is 0 Å². The average Bonchev–Trinajstić information content (AvgIpc) is 2.68. The molecule has 0 fully saturated rings. The number of hydrogen-bond acceptors (Lipinski definition) is 3. The molecule has 0 saturated heterocycles. The quantitative estimate of drug-likeness (QED) is 0.726. The zero-order valence-corrected chi connectivity index (χ0v) is 9.48. The van der Waals surface area contributed by atoms with Crippen LogP contribution in [0, 0.1) is 0 Å². The van der Waals surface area contributed by atoms with Gasteiger partial charge in [0.05, 0.1) is 5.60 Å². The van der Waals surface area contributed by atoms with Crippen LogP contribution in [0.3, 0.4) is 0 Å². The number of nitrogens with two attached hydrogens (primary N) is 1. The lowest BCUT2D eigenvalue weighted by Crippen LogP contribution is -2.42. The van der Waals surface area contributed by atoms with Crippen molar-refractivity contribution in [2.45, 2.75) is 24.9 Å². The molecule has 0 unspecified atom stereocenters. The van der Waals surface area contributed by atoms with E-state index in [0.717, 1.165) is 12.8 Å². The number of fused-ring (bicyclic) bond motifs is 1. The van der Waals surface area contributed by atoms with Crippen molar-refractivity contribution in [2.75, 3.05) is 19.8 Å². The molecule has 0 spiro atoms. The van der Waals surface area contributed by atoms with Crippen molar-refractivity contribution >= 4 is 0 Å². The minimum atomic E-state index is -0.237. The summed E-state index contributed by atoms with van der Waals surface area (Å²) < 4.78 is 5.88. The maximum absolute atomic E-state index is 8.76. The molecular weight excluding hydrogens is 202 g/mol. The summed E-state index contributed by atoms with van der Waals surface area (Å²) in [6.45, 7) is 1.29. The molecule has 1 aromatic carbocycles. The van der Waals surface area contributed by atoms with Gasteiger partial charge in [-0.3, -0.25) is 0 Å². The van der Waals surface area contributed by atoms with Crippen molar-refractivity contribution < 1.29 is 9.84 Å². The Morgan fingerprint density at radius 3 is 2.38 bits per heavy atom. The fraction of sp³-hybridized carbons (Fsp3) is 0.538. The van der Waals surface area contributed by atoms with E-state index in [9.17, 15) is 0 Å². The molecule has 0 amide bonds.